The number of rotatable bonds is 6. The minimum Gasteiger partial charge on any atom is -0.479 e. The molecule has 0 amide bonds. The number of aliphatic carboxylic acids is 1. The van der Waals surface area contributed by atoms with Crippen LogP contribution in [0.1, 0.15) is 0 Å². The van der Waals surface area contributed by atoms with Crippen LogP contribution in [0.5, 0.6) is 0 Å². The zero-order valence-corrected chi connectivity index (χ0v) is 7.49. The molecule has 0 spiro atoms. The molecule has 0 aromatic rings. The molecule has 78 valence electrons. The van der Waals surface area contributed by atoms with Gasteiger partial charge in [-0.15, -0.1) is 0 Å². The molecule has 0 fully saturated rings. The Balaban J connectivity index is 3.53. The third-order valence-corrected chi connectivity index (χ3v) is 1.88. The monoisotopic (exact) mass is 213 g/mol. The van der Waals surface area contributed by atoms with E-state index in [1.165, 1.54) is 0 Å². The number of carboxylic acid groups (broad SMARTS) is 1. The van der Waals surface area contributed by atoms with E-state index in [0.29, 0.717) is 0 Å². The lowest BCUT2D eigenvalue weighted by Gasteiger charge is -2.05. The van der Waals surface area contributed by atoms with Gasteiger partial charge < -0.3 is 15.5 Å². The van der Waals surface area contributed by atoms with Gasteiger partial charge in [-0.1, -0.05) is 0 Å². The second kappa shape index (κ2) is 5.12. The molecule has 7 nitrogen and oxygen atoms in total. The fourth-order valence-corrected chi connectivity index (χ4v) is 0.930. The summed E-state index contributed by atoms with van der Waals surface area (Å²) in [4.78, 5) is 10.0. The van der Waals surface area contributed by atoms with Crippen molar-refractivity contribution in [1.82, 2.24) is 5.32 Å². The second-order valence-electron chi connectivity index (χ2n) is 2.34. The zero-order chi connectivity index (χ0) is 10.5. The van der Waals surface area contributed by atoms with Crippen LogP contribution in [0.3, 0.4) is 0 Å². The number of aliphatic hydroxyl groups is 1. The topological polar surface area (TPSA) is 124 Å². The van der Waals surface area contributed by atoms with Gasteiger partial charge >= 0.3 is 5.97 Å². The standard InChI is InChI=1S/C5H11NO6S/c7-4(5(8)9)3-6-1-2-13(10,11)12/h4,6-7H,1-3H2,(H,8,9)(H,10,11,12). The van der Waals surface area contributed by atoms with Crippen LogP contribution in [0.15, 0.2) is 0 Å². The minimum absolute atomic E-state index is 0.108. The van der Waals surface area contributed by atoms with E-state index in [-0.39, 0.29) is 13.1 Å². The first-order chi connectivity index (χ1) is 5.83. The summed E-state index contributed by atoms with van der Waals surface area (Å²) >= 11 is 0. The van der Waals surface area contributed by atoms with Crippen LogP contribution in [-0.2, 0) is 14.9 Å². The molecule has 0 saturated carbocycles. The Morgan fingerprint density at radius 3 is 2.38 bits per heavy atom. The van der Waals surface area contributed by atoms with Gasteiger partial charge in [0.15, 0.2) is 6.10 Å². The van der Waals surface area contributed by atoms with Crippen molar-refractivity contribution in [2.24, 2.45) is 0 Å². The molecule has 0 saturated heterocycles. The molecular formula is C5H11NO6S. The Morgan fingerprint density at radius 2 is 2.00 bits per heavy atom. The fourth-order valence-electron chi connectivity index (χ4n) is 0.527. The Labute approximate surface area is 75.1 Å². The summed E-state index contributed by atoms with van der Waals surface area (Å²) in [6.45, 7) is -0.367. The SMILES string of the molecule is O=C(O)C(O)CNCCS(=O)(=O)O. The number of nitrogens with one attached hydrogen (secondary N) is 1. The molecule has 8 heteroatoms. The van der Waals surface area contributed by atoms with E-state index in [4.69, 9.17) is 14.8 Å². The maximum atomic E-state index is 10.1. The molecule has 4 N–H and O–H groups in total. The first-order valence-electron chi connectivity index (χ1n) is 3.39. The second-order valence-corrected chi connectivity index (χ2v) is 3.92. The van der Waals surface area contributed by atoms with Crippen LogP contribution < -0.4 is 5.32 Å². The van der Waals surface area contributed by atoms with Crippen molar-refractivity contribution in [1.29, 1.82) is 0 Å². The fraction of sp³-hybridized carbons (Fsp3) is 0.800. The molecule has 1 unspecified atom stereocenters. The number of hydrogen-bond donors (Lipinski definition) is 4. The molecule has 0 rings (SSSR count). The van der Waals surface area contributed by atoms with E-state index < -0.39 is 27.9 Å². The molecule has 0 radical (unpaired) electrons. The van der Waals surface area contributed by atoms with Crippen molar-refractivity contribution in [2.45, 2.75) is 6.10 Å². The first kappa shape index (κ1) is 12.3. The molecule has 0 aliphatic carbocycles. The normalized spacial score (nSPS) is 14.0. The van der Waals surface area contributed by atoms with E-state index in [0.717, 1.165) is 0 Å². The van der Waals surface area contributed by atoms with Crippen LogP contribution in [0.2, 0.25) is 0 Å². The summed E-state index contributed by atoms with van der Waals surface area (Å²) in [5, 5.41) is 19.2. The van der Waals surface area contributed by atoms with Crippen molar-refractivity contribution >= 4 is 16.1 Å². The summed E-state index contributed by atoms with van der Waals surface area (Å²) in [6.07, 6.45) is -1.57. The van der Waals surface area contributed by atoms with Gasteiger partial charge in [0, 0.05) is 13.1 Å². The van der Waals surface area contributed by atoms with Gasteiger partial charge in [0.2, 0.25) is 0 Å². The van der Waals surface area contributed by atoms with E-state index >= 15 is 0 Å². The lowest BCUT2D eigenvalue weighted by Crippen LogP contribution is -2.35. The highest BCUT2D eigenvalue weighted by Gasteiger charge is 2.12. The smallest absolute Gasteiger partial charge is 0.333 e. The Hall–Kier alpha value is -0.700. The average Bonchev–Trinajstić information content (AvgIpc) is 1.95. The van der Waals surface area contributed by atoms with Gasteiger partial charge in [0.05, 0.1) is 5.75 Å². The third kappa shape index (κ3) is 7.65. The lowest BCUT2D eigenvalue weighted by molar-refractivity contribution is -0.146. The van der Waals surface area contributed by atoms with Crippen LogP contribution >= 0.6 is 0 Å². The summed E-state index contributed by atoms with van der Waals surface area (Å²) in [7, 11) is -4.03. The van der Waals surface area contributed by atoms with Crippen molar-refractivity contribution in [3.8, 4) is 0 Å². The zero-order valence-electron chi connectivity index (χ0n) is 6.67. The van der Waals surface area contributed by atoms with Gasteiger partial charge in [0.1, 0.15) is 0 Å². The summed E-state index contributed by atoms with van der Waals surface area (Å²) in [6, 6.07) is 0. The van der Waals surface area contributed by atoms with Crippen molar-refractivity contribution in [2.75, 3.05) is 18.8 Å². The molecule has 0 bridgehead atoms. The maximum absolute atomic E-state index is 10.1. The minimum atomic E-state index is -4.03. The van der Waals surface area contributed by atoms with E-state index in [9.17, 15) is 13.2 Å². The van der Waals surface area contributed by atoms with Crippen molar-refractivity contribution in [3.05, 3.63) is 0 Å². The Kier molecular flexibility index (Phi) is 4.85. The van der Waals surface area contributed by atoms with Gasteiger partial charge in [-0.25, -0.2) is 4.79 Å². The van der Waals surface area contributed by atoms with Crippen LogP contribution in [0.25, 0.3) is 0 Å². The molecule has 13 heavy (non-hydrogen) atoms. The maximum Gasteiger partial charge on any atom is 0.333 e. The quantitative estimate of drug-likeness (QED) is 0.294. The number of aliphatic hydroxyl groups excluding tert-OH is 1. The molecule has 0 aromatic heterocycles. The predicted octanol–water partition coefficient (Wildman–Crippen LogP) is -2.09. The summed E-state index contributed by atoms with van der Waals surface area (Å²) in [5.74, 6) is -1.90. The highest BCUT2D eigenvalue weighted by atomic mass is 32.2. The van der Waals surface area contributed by atoms with Crippen LogP contribution in [-0.4, -0.2) is 54.1 Å². The van der Waals surface area contributed by atoms with Gasteiger partial charge in [-0.05, 0) is 0 Å². The predicted molar refractivity (Wildman–Crippen MR) is 42.9 cm³/mol. The highest BCUT2D eigenvalue weighted by molar-refractivity contribution is 7.85. The number of carboxylic acids is 1. The number of carbonyl (C=O) groups is 1. The molecular weight excluding hydrogens is 202 g/mol. The van der Waals surface area contributed by atoms with E-state index in [2.05, 4.69) is 5.32 Å². The molecule has 1 atom stereocenters. The van der Waals surface area contributed by atoms with Crippen molar-refractivity contribution < 1.29 is 28.0 Å². The van der Waals surface area contributed by atoms with E-state index in [1.807, 2.05) is 0 Å². The molecule has 0 aromatic carbocycles. The molecule has 0 aliphatic heterocycles. The Bertz CT molecular complexity index is 260. The van der Waals surface area contributed by atoms with Crippen LogP contribution in [0, 0.1) is 0 Å². The Morgan fingerprint density at radius 1 is 1.46 bits per heavy atom. The number of hydrogen-bond acceptors (Lipinski definition) is 5. The highest BCUT2D eigenvalue weighted by Crippen LogP contribution is 1.81. The summed E-state index contributed by atoms with van der Waals surface area (Å²) in [5.41, 5.74) is 0. The third-order valence-electron chi connectivity index (χ3n) is 1.16. The van der Waals surface area contributed by atoms with Gasteiger partial charge in [-0.2, -0.15) is 8.42 Å². The van der Waals surface area contributed by atoms with Crippen molar-refractivity contribution in [3.63, 3.8) is 0 Å². The first-order valence-corrected chi connectivity index (χ1v) is 5.00. The molecule has 0 aliphatic rings. The molecule has 0 heterocycles. The summed E-state index contributed by atoms with van der Waals surface area (Å²) < 4.78 is 28.5. The van der Waals surface area contributed by atoms with Gasteiger partial charge in [0.25, 0.3) is 10.1 Å². The van der Waals surface area contributed by atoms with Crippen LogP contribution in [0.4, 0.5) is 0 Å². The van der Waals surface area contributed by atoms with Gasteiger partial charge in [-0.3, -0.25) is 4.55 Å². The average molecular weight is 213 g/mol. The largest absolute Gasteiger partial charge is 0.479 e. The lowest BCUT2D eigenvalue weighted by atomic mass is 10.3. The van der Waals surface area contributed by atoms with E-state index in [1.54, 1.807) is 0 Å².